The summed E-state index contributed by atoms with van der Waals surface area (Å²) in [6, 6.07) is 5.54. The zero-order valence-corrected chi connectivity index (χ0v) is 12.2. The molecule has 0 radical (unpaired) electrons. The molecule has 0 saturated heterocycles. The van der Waals surface area contributed by atoms with Crippen LogP contribution in [0.25, 0.3) is 22.4 Å². The summed E-state index contributed by atoms with van der Waals surface area (Å²) in [6.07, 6.45) is 0.617. The maximum Gasteiger partial charge on any atom is 0.255 e. The quantitative estimate of drug-likeness (QED) is 0.758. The first-order valence-electron chi connectivity index (χ1n) is 6.83. The van der Waals surface area contributed by atoms with E-state index in [2.05, 4.69) is 9.97 Å². The number of aromatic hydroxyl groups is 1. The minimum atomic E-state index is -0.284. The Morgan fingerprint density at radius 2 is 2.10 bits per heavy atom. The third kappa shape index (κ3) is 2.11. The van der Waals surface area contributed by atoms with Crippen LogP contribution < -0.4 is 5.56 Å². The second kappa shape index (κ2) is 4.77. The summed E-state index contributed by atoms with van der Waals surface area (Å²) < 4.78 is 5.52. The largest absolute Gasteiger partial charge is 0.507 e. The Morgan fingerprint density at radius 3 is 2.81 bits per heavy atom. The van der Waals surface area contributed by atoms with Gasteiger partial charge in [0, 0.05) is 18.1 Å². The number of fused-ring (bicyclic) bond motifs is 1. The van der Waals surface area contributed by atoms with E-state index in [1.165, 1.54) is 0 Å². The lowest BCUT2D eigenvalue weighted by Crippen LogP contribution is -2.13. The van der Waals surface area contributed by atoms with Crippen LogP contribution in [0.1, 0.15) is 23.9 Å². The molecule has 5 heteroatoms. The van der Waals surface area contributed by atoms with E-state index in [0.717, 1.165) is 16.6 Å². The zero-order chi connectivity index (χ0) is 15.1. The molecule has 1 aromatic carbocycles. The highest BCUT2D eigenvalue weighted by atomic mass is 16.3. The van der Waals surface area contributed by atoms with Crippen molar-refractivity contribution in [1.82, 2.24) is 9.97 Å². The lowest BCUT2D eigenvalue weighted by Gasteiger charge is -2.11. The maximum absolute atomic E-state index is 11.9. The second-order valence-electron chi connectivity index (χ2n) is 5.05. The summed E-state index contributed by atoms with van der Waals surface area (Å²) in [5.74, 6) is 0.656. The SMILES string of the molecule is CCc1c(-c2ccc3nc(C)oc3c2)[nH]c(=O)c(C)c1O. The predicted octanol–water partition coefficient (Wildman–Crippen LogP) is 3.07. The van der Waals surface area contributed by atoms with Gasteiger partial charge in [0.15, 0.2) is 11.5 Å². The summed E-state index contributed by atoms with van der Waals surface area (Å²) in [4.78, 5) is 19.0. The van der Waals surface area contributed by atoms with Gasteiger partial charge in [-0.25, -0.2) is 4.98 Å². The molecule has 0 aliphatic carbocycles. The highest BCUT2D eigenvalue weighted by molar-refractivity contribution is 5.80. The number of pyridine rings is 1. The molecule has 0 aliphatic rings. The van der Waals surface area contributed by atoms with E-state index in [1.807, 2.05) is 25.1 Å². The molecule has 0 unspecified atom stereocenters. The van der Waals surface area contributed by atoms with Crippen LogP contribution >= 0.6 is 0 Å². The van der Waals surface area contributed by atoms with Gasteiger partial charge in [0.2, 0.25) is 0 Å². The number of benzene rings is 1. The number of hydrogen-bond acceptors (Lipinski definition) is 4. The first-order valence-corrected chi connectivity index (χ1v) is 6.83. The third-order valence-electron chi connectivity index (χ3n) is 3.66. The van der Waals surface area contributed by atoms with Crippen molar-refractivity contribution in [3.8, 4) is 17.0 Å². The van der Waals surface area contributed by atoms with Gasteiger partial charge >= 0.3 is 0 Å². The van der Waals surface area contributed by atoms with Crippen LogP contribution in [0.2, 0.25) is 0 Å². The lowest BCUT2D eigenvalue weighted by atomic mass is 10.0. The number of aromatic nitrogens is 2. The molecule has 2 N–H and O–H groups in total. The highest BCUT2D eigenvalue weighted by Crippen LogP contribution is 2.31. The maximum atomic E-state index is 11.9. The molecule has 3 rings (SSSR count). The van der Waals surface area contributed by atoms with Gasteiger partial charge in [-0.05, 0) is 25.5 Å². The zero-order valence-electron chi connectivity index (χ0n) is 12.2. The summed E-state index contributed by atoms with van der Waals surface area (Å²) in [6.45, 7) is 5.34. The molecule has 3 aromatic rings. The standard InChI is InChI=1S/C16H16N2O3/c1-4-11-14(18-16(20)8(2)15(11)19)10-5-6-12-13(7-10)21-9(3)17-12/h5-7H,4H2,1-3H3,(H2,18,19,20). The van der Waals surface area contributed by atoms with Crippen LogP contribution in [0.5, 0.6) is 5.75 Å². The van der Waals surface area contributed by atoms with Crippen molar-refractivity contribution in [2.45, 2.75) is 27.2 Å². The van der Waals surface area contributed by atoms with Crippen molar-refractivity contribution in [2.75, 3.05) is 0 Å². The minimum absolute atomic E-state index is 0.0603. The summed E-state index contributed by atoms with van der Waals surface area (Å²) in [5.41, 5.74) is 3.63. The molecule has 0 aliphatic heterocycles. The van der Waals surface area contributed by atoms with Gasteiger partial charge in [0.1, 0.15) is 11.3 Å². The fourth-order valence-corrected chi connectivity index (χ4v) is 2.52. The number of aryl methyl sites for hydroxylation is 1. The molecule has 0 saturated carbocycles. The van der Waals surface area contributed by atoms with Crippen LogP contribution in [-0.4, -0.2) is 15.1 Å². The van der Waals surface area contributed by atoms with Crippen molar-refractivity contribution in [3.63, 3.8) is 0 Å². The number of oxazole rings is 1. The van der Waals surface area contributed by atoms with Crippen LogP contribution in [0.15, 0.2) is 27.4 Å². The smallest absolute Gasteiger partial charge is 0.255 e. The van der Waals surface area contributed by atoms with E-state index in [0.29, 0.717) is 29.2 Å². The van der Waals surface area contributed by atoms with Gasteiger partial charge in [-0.1, -0.05) is 13.0 Å². The van der Waals surface area contributed by atoms with E-state index in [-0.39, 0.29) is 11.3 Å². The number of nitrogens with zero attached hydrogens (tertiary/aromatic N) is 1. The molecule has 108 valence electrons. The number of hydrogen-bond donors (Lipinski definition) is 2. The Morgan fingerprint density at radius 1 is 1.33 bits per heavy atom. The van der Waals surface area contributed by atoms with E-state index >= 15 is 0 Å². The van der Waals surface area contributed by atoms with E-state index in [4.69, 9.17) is 4.42 Å². The monoisotopic (exact) mass is 284 g/mol. The number of H-pyrrole nitrogens is 1. The van der Waals surface area contributed by atoms with Gasteiger partial charge in [0.25, 0.3) is 5.56 Å². The first-order chi connectivity index (χ1) is 10.0. The topological polar surface area (TPSA) is 79.1 Å². The van der Waals surface area contributed by atoms with E-state index in [9.17, 15) is 9.90 Å². The Kier molecular flexibility index (Phi) is 3.05. The number of nitrogens with one attached hydrogen (secondary N) is 1. The highest BCUT2D eigenvalue weighted by Gasteiger charge is 2.15. The van der Waals surface area contributed by atoms with Crippen molar-refractivity contribution < 1.29 is 9.52 Å². The van der Waals surface area contributed by atoms with Gasteiger partial charge in [-0.2, -0.15) is 0 Å². The molecular formula is C16H16N2O3. The third-order valence-corrected chi connectivity index (χ3v) is 3.66. The van der Waals surface area contributed by atoms with Gasteiger partial charge in [-0.15, -0.1) is 0 Å². The fraction of sp³-hybridized carbons (Fsp3) is 0.250. The van der Waals surface area contributed by atoms with Crippen LogP contribution in [0.4, 0.5) is 0 Å². The average Bonchev–Trinajstić information content (AvgIpc) is 2.83. The summed E-state index contributed by atoms with van der Waals surface area (Å²) in [5, 5.41) is 10.2. The minimum Gasteiger partial charge on any atom is -0.507 e. The molecule has 0 bridgehead atoms. The normalized spacial score (nSPS) is 11.2. The molecule has 0 spiro atoms. The van der Waals surface area contributed by atoms with E-state index < -0.39 is 0 Å². The fourth-order valence-electron chi connectivity index (χ4n) is 2.52. The van der Waals surface area contributed by atoms with E-state index in [1.54, 1.807) is 13.8 Å². The van der Waals surface area contributed by atoms with Crippen molar-refractivity contribution in [2.24, 2.45) is 0 Å². The Balaban J connectivity index is 2.28. The summed E-state index contributed by atoms with van der Waals surface area (Å²) >= 11 is 0. The molecule has 0 amide bonds. The molecule has 2 aromatic heterocycles. The van der Waals surface area contributed by atoms with Crippen LogP contribution in [-0.2, 0) is 6.42 Å². The average molecular weight is 284 g/mol. The number of aromatic amines is 1. The van der Waals surface area contributed by atoms with Gasteiger partial charge < -0.3 is 14.5 Å². The Labute approximate surface area is 121 Å². The summed E-state index contributed by atoms with van der Waals surface area (Å²) in [7, 11) is 0. The number of rotatable bonds is 2. The Hall–Kier alpha value is -2.56. The van der Waals surface area contributed by atoms with Gasteiger partial charge in [0.05, 0.1) is 11.3 Å². The molecular weight excluding hydrogens is 268 g/mol. The van der Waals surface area contributed by atoms with Crippen molar-refractivity contribution >= 4 is 11.1 Å². The molecule has 5 nitrogen and oxygen atoms in total. The van der Waals surface area contributed by atoms with Crippen LogP contribution in [0, 0.1) is 13.8 Å². The van der Waals surface area contributed by atoms with Gasteiger partial charge in [-0.3, -0.25) is 4.79 Å². The lowest BCUT2D eigenvalue weighted by molar-refractivity contribution is 0.463. The molecule has 2 heterocycles. The predicted molar refractivity (Wildman–Crippen MR) is 80.6 cm³/mol. The molecule has 0 atom stereocenters. The Bertz CT molecular complexity index is 890. The first kappa shape index (κ1) is 13.4. The van der Waals surface area contributed by atoms with Crippen LogP contribution in [0.3, 0.4) is 0 Å². The second-order valence-corrected chi connectivity index (χ2v) is 5.05. The van der Waals surface area contributed by atoms with Crippen molar-refractivity contribution in [1.29, 1.82) is 0 Å². The molecule has 21 heavy (non-hydrogen) atoms. The molecule has 0 fully saturated rings. The van der Waals surface area contributed by atoms with Crippen molar-refractivity contribution in [3.05, 3.63) is 45.6 Å².